The standard InChI is InChI=1S/C10H16N4S/c11-9-12-8(13-10(15)14-9)6-5-7-3-1-2-4-7/h7H,1-6H2,(H3,11,12,13,14,15). The van der Waals surface area contributed by atoms with Crippen LogP contribution >= 0.6 is 12.2 Å². The quantitative estimate of drug-likeness (QED) is 0.773. The number of nitrogens with two attached hydrogens (primary N) is 1. The van der Waals surface area contributed by atoms with E-state index in [2.05, 4.69) is 15.0 Å². The third kappa shape index (κ3) is 2.99. The Labute approximate surface area is 94.3 Å². The van der Waals surface area contributed by atoms with E-state index in [9.17, 15) is 0 Å². The summed E-state index contributed by atoms with van der Waals surface area (Å²) in [6.45, 7) is 0. The zero-order valence-electron chi connectivity index (χ0n) is 8.70. The van der Waals surface area contributed by atoms with Gasteiger partial charge in [-0.3, -0.25) is 0 Å². The minimum atomic E-state index is 0.340. The number of nitrogens with one attached hydrogen (secondary N) is 1. The molecular weight excluding hydrogens is 208 g/mol. The molecule has 4 nitrogen and oxygen atoms in total. The number of H-pyrrole nitrogens is 1. The van der Waals surface area contributed by atoms with Crippen molar-refractivity contribution in [2.75, 3.05) is 5.73 Å². The number of hydrogen-bond acceptors (Lipinski definition) is 4. The smallest absolute Gasteiger partial charge is 0.224 e. The van der Waals surface area contributed by atoms with Crippen LogP contribution in [0.4, 0.5) is 5.95 Å². The molecule has 0 unspecified atom stereocenters. The summed E-state index contributed by atoms with van der Waals surface area (Å²) in [6.07, 6.45) is 7.60. The molecule has 0 atom stereocenters. The predicted molar refractivity (Wildman–Crippen MR) is 61.9 cm³/mol. The summed E-state index contributed by atoms with van der Waals surface area (Å²) in [5.41, 5.74) is 5.57. The van der Waals surface area contributed by atoms with Crippen LogP contribution in [-0.4, -0.2) is 15.0 Å². The van der Waals surface area contributed by atoms with Crippen LogP contribution in [-0.2, 0) is 6.42 Å². The molecular formula is C10H16N4S. The largest absolute Gasteiger partial charge is 0.369 e. The van der Waals surface area contributed by atoms with Gasteiger partial charge >= 0.3 is 0 Å². The molecule has 1 saturated carbocycles. The van der Waals surface area contributed by atoms with Crippen molar-refractivity contribution < 1.29 is 0 Å². The van der Waals surface area contributed by atoms with E-state index in [4.69, 9.17) is 18.0 Å². The summed E-state index contributed by atoms with van der Waals surface area (Å²) >= 11 is 4.91. The number of nitrogens with zero attached hydrogens (tertiary/aromatic N) is 2. The zero-order valence-corrected chi connectivity index (χ0v) is 9.52. The lowest BCUT2D eigenvalue weighted by Crippen LogP contribution is -2.05. The molecule has 3 N–H and O–H groups in total. The molecule has 1 fully saturated rings. The van der Waals surface area contributed by atoms with Crippen LogP contribution in [0.2, 0.25) is 0 Å². The van der Waals surface area contributed by atoms with Gasteiger partial charge in [-0.2, -0.15) is 4.98 Å². The third-order valence-electron chi connectivity index (χ3n) is 2.98. The monoisotopic (exact) mass is 224 g/mol. The molecule has 1 aliphatic rings. The maximum atomic E-state index is 5.57. The van der Waals surface area contributed by atoms with Gasteiger partial charge in [0, 0.05) is 6.42 Å². The Balaban J connectivity index is 1.95. The van der Waals surface area contributed by atoms with E-state index in [0.717, 1.165) is 18.2 Å². The second-order valence-electron chi connectivity index (χ2n) is 4.15. The molecule has 0 radical (unpaired) electrons. The van der Waals surface area contributed by atoms with Crippen molar-refractivity contribution in [3.05, 3.63) is 10.6 Å². The first-order chi connectivity index (χ1) is 7.24. The van der Waals surface area contributed by atoms with Crippen molar-refractivity contribution in [1.29, 1.82) is 0 Å². The highest BCUT2D eigenvalue weighted by molar-refractivity contribution is 7.71. The molecule has 5 heteroatoms. The van der Waals surface area contributed by atoms with Crippen molar-refractivity contribution in [1.82, 2.24) is 15.0 Å². The Morgan fingerprint density at radius 1 is 1.33 bits per heavy atom. The summed E-state index contributed by atoms with van der Waals surface area (Å²) in [5, 5.41) is 0. The predicted octanol–water partition coefficient (Wildman–Crippen LogP) is 2.24. The highest BCUT2D eigenvalue weighted by Crippen LogP contribution is 2.28. The second-order valence-corrected chi connectivity index (χ2v) is 4.52. The van der Waals surface area contributed by atoms with Crippen LogP contribution in [0.25, 0.3) is 0 Å². The molecule has 0 bridgehead atoms. The lowest BCUT2D eigenvalue weighted by molar-refractivity contribution is 0.496. The van der Waals surface area contributed by atoms with Crippen LogP contribution < -0.4 is 5.73 Å². The topological polar surface area (TPSA) is 67.6 Å². The van der Waals surface area contributed by atoms with E-state index in [1.807, 2.05) is 0 Å². The van der Waals surface area contributed by atoms with E-state index < -0.39 is 0 Å². The van der Waals surface area contributed by atoms with Crippen molar-refractivity contribution in [2.45, 2.75) is 38.5 Å². The average molecular weight is 224 g/mol. The van der Waals surface area contributed by atoms with Gasteiger partial charge in [-0.15, -0.1) is 0 Å². The minimum Gasteiger partial charge on any atom is -0.369 e. The number of aromatic amines is 1. The summed E-state index contributed by atoms with van der Waals surface area (Å²) < 4.78 is 0.340. The molecule has 1 aromatic rings. The summed E-state index contributed by atoms with van der Waals surface area (Å²) in [7, 11) is 0. The fraction of sp³-hybridized carbons (Fsp3) is 0.700. The van der Waals surface area contributed by atoms with Crippen molar-refractivity contribution in [3.63, 3.8) is 0 Å². The van der Waals surface area contributed by atoms with E-state index >= 15 is 0 Å². The molecule has 2 rings (SSSR count). The highest BCUT2D eigenvalue weighted by Gasteiger charge is 2.14. The van der Waals surface area contributed by atoms with Gasteiger partial charge in [0.05, 0.1) is 0 Å². The first kappa shape index (κ1) is 10.5. The van der Waals surface area contributed by atoms with Gasteiger partial charge in [0.1, 0.15) is 5.82 Å². The Kier molecular flexibility index (Phi) is 3.30. The highest BCUT2D eigenvalue weighted by atomic mass is 32.1. The maximum absolute atomic E-state index is 5.57. The molecule has 1 aliphatic carbocycles. The number of nitrogen functional groups attached to an aromatic ring is 1. The number of anilines is 1. The average Bonchev–Trinajstić information content (AvgIpc) is 2.65. The van der Waals surface area contributed by atoms with Crippen molar-refractivity contribution >= 4 is 18.2 Å². The number of aromatic nitrogens is 3. The second kappa shape index (κ2) is 4.70. The fourth-order valence-electron chi connectivity index (χ4n) is 2.21. The molecule has 0 aliphatic heterocycles. The fourth-order valence-corrected chi connectivity index (χ4v) is 2.41. The minimum absolute atomic E-state index is 0.340. The Morgan fingerprint density at radius 2 is 2.07 bits per heavy atom. The first-order valence-electron chi connectivity index (χ1n) is 5.47. The van der Waals surface area contributed by atoms with Crippen molar-refractivity contribution in [3.8, 4) is 0 Å². The van der Waals surface area contributed by atoms with Crippen LogP contribution in [0.5, 0.6) is 0 Å². The van der Waals surface area contributed by atoms with Gasteiger partial charge in [0.15, 0.2) is 0 Å². The summed E-state index contributed by atoms with van der Waals surface area (Å²) in [6, 6.07) is 0. The Hall–Kier alpha value is -0.970. The molecule has 0 amide bonds. The molecule has 1 heterocycles. The van der Waals surface area contributed by atoms with Crippen LogP contribution in [0.15, 0.2) is 0 Å². The van der Waals surface area contributed by atoms with E-state index in [1.54, 1.807) is 0 Å². The SMILES string of the molecule is Nc1nc(=S)nc(CCC2CCCC2)[nH]1. The Bertz CT molecular complexity index is 381. The van der Waals surface area contributed by atoms with Gasteiger partial charge in [-0.25, -0.2) is 4.98 Å². The van der Waals surface area contributed by atoms with Gasteiger partial charge < -0.3 is 10.7 Å². The molecule has 0 saturated heterocycles. The lowest BCUT2D eigenvalue weighted by Gasteiger charge is -2.07. The van der Waals surface area contributed by atoms with Gasteiger partial charge in [-0.05, 0) is 24.6 Å². The molecule has 0 aromatic carbocycles. The van der Waals surface area contributed by atoms with E-state index in [1.165, 1.54) is 32.1 Å². The third-order valence-corrected chi connectivity index (χ3v) is 3.17. The number of hydrogen-bond donors (Lipinski definition) is 2. The number of aryl methyl sites for hydroxylation is 1. The maximum Gasteiger partial charge on any atom is 0.224 e. The van der Waals surface area contributed by atoms with E-state index in [0.29, 0.717) is 10.7 Å². The van der Waals surface area contributed by atoms with Crippen LogP contribution in [0.3, 0.4) is 0 Å². The summed E-state index contributed by atoms with van der Waals surface area (Å²) in [4.78, 5) is 11.0. The first-order valence-corrected chi connectivity index (χ1v) is 5.87. The van der Waals surface area contributed by atoms with Crippen molar-refractivity contribution in [2.24, 2.45) is 5.92 Å². The van der Waals surface area contributed by atoms with Gasteiger partial charge in [0.2, 0.25) is 10.7 Å². The number of rotatable bonds is 3. The lowest BCUT2D eigenvalue weighted by atomic mass is 10.0. The Morgan fingerprint density at radius 3 is 2.73 bits per heavy atom. The molecule has 82 valence electrons. The van der Waals surface area contributed by atoms with Gasteiger partial charge in [0.25, 0.3) is 0 Å². The van der Waals surface area contributed by atoms with Crippen LogP contribution in [0, 0.1) is 10.7 Å². The van der Waals surface area contributed by atoms with Gasteiger partial charge in [-0.1, -0.05) is 25.7 Å². The molecule has 15 heavy (non-hydrogen) atoms. The molecule has 1 aromatic heterocycles. The normalized spacial score (nSPS) is 17.1. The summed E-state index contributed by atoms with van der Waals surface area (Å²) in [5.74, 6) is 2.11. The van der Waals surface area contributed by atoms with E-state index in [-0.39, 0.29) is 0 Å². The molecule has 0 spiro atoms. The zero-order chi connectivity index (χ0) is 10.7. The van der Waals surface area contributed by atoms with Crippen LogP contribution in [0.1, 0.15) is 37.9 Å².